The second kappa shape index (κ2) is 4.74. The van der Waals surface area contributed by atoms with Crippen molar-refractivity contribution in [1.29, 1.82) is 5.26 Å². The Labute approximate surface area is 99.2 Å². The molecule has 0 aromatic heterocycles. The Morgan fingerprint density at radius 1 is 1.47 bits per heavy atom. The molecule has 0 radical (unpaired) electrons. The van der Waals surface area contributed by atoms with E-state index >= 15 is 0 Å². The number of nitrogens with zero attached hydrogens (tertiary/aromatic N) is 2. The maximum Gasteiger partial charge on any atom is 0.231 e. The van der Waals surface area contributed by atoms with Gasteiger partial charge in [0.05, 0.1) is 19.0 Å². The van der Waals surface area contributed by atoms with Crippen LogP contribution in [-0.4, -0.2) is 26.2 Å². The van der Waals surface area contributed by atoms with Crippen LogP contribution in [0, 0.1) is 11.3 Å². The molecule has 0 amide bonds. The van der Waals surface area contributed by atoms with Crippen molar-refractivity contribution in [3.63, 3.8) is 0 Å². The summed E-state index contributed by atoms with van der Waals surface area (Å²) in [5, 5.41) is 8.42. The van der Waals surface area contributed by atoms with Gasteiger partial charge in [-0.05, 0) is 12.1 Å². The zero-order valence-corrected chi connectivity index (χ0v) is 9.47. The fraction of sp³-hybridized carbons (Fsp3) is 0.333. The van der Waals surface area contributed by atoms with Crippen LogP contribution >= 0.6 is 0 Å². The Bertz CT molecular complexity index is 479. The molecule has 0 saturated heterocycles. The van der Waals surface area contributed by atoms with Gasteiger partial charge < -0.3 is 14.4 Å². The molecule has 0 fully saturated rings. The largest absolute Gasteiger partial charge is 0.454 e. The van der Waals surface area contributed by atoms with Crippen molar-refractivity contribution in [3.8, 4) is 17.6 Å². The van der Waals surface area contributed by atoms with E-state index in [1.807, 2.05) is 24.3 Å². The molecule has 0 bridgehead atoms. The first-order valence-electron chi connectivity index (χ1n) is 5.20. The van der Waals surface area contributed by atoms with Crippen molar-refractivity contribution in [2.24, 2.45) is 0 Å². The number of likely N-dealkylation sites (N-methyl/N-ethyl adjacent to an activating group) is 1. The third-order valence-electron chi connectivity index (χ3n) is 2.49. The molecule has 1 heterocycles. The summed E-state index contributed by atoms with van der Waals surface area (Å²) in [6.45, 7) is 0.447. The van der Waals surface area contributed by atoms with Crippen molar-refractivity contribution in [3.05, 3.63) is 18.2 Å². The second-order valence-electron chi connectivity index (χ2n) is 3.77. The van der Waals surface area contributed by atoms with E-state index in [1.165, 1.54) is 0 Å². The van der Waals surface area contributed by atoms with Gasteiger partial charge in [0, 0.05) is 18.8 Å². The predicted octanol–water partition coefficient (Wildman–Crippen LogP) is 1.33. The van der Waals surface area contributed by atoms with Crippen LogP contribution in [0.5, 0.6) is 11.5 Å². The molecule has 1 aliphatic rings. The average molecular weight is 232 g/mol. The summed E-state index contributed by atoms with van der Waals surface area (Å²) in [6, 6.07) is 7.33. The maximum absolute atomic E-state index is 11.3. The Morgan fingerprint density at radius 2 is 2.24 bits per heavy atom. The third-order valence-corrected chi connectivity index (χ3v) is 2.49. The number of ether oxygens (including phenoxy) is 2. The molecular formula is C12H12N2O3. The average Bonchev–Trinajstić information content (AvgIpc) is 2.75. The van der Waals surface area contributed by atoms with Crippen LogP contribution in [0.4, 0.5) is 5.69 Å². The molecule has 0 aliphatic carbocycles. The van der Waals surface area contributed by atoms with Gasteiger partial charge in [-0.3, -0.25) is 4.79 Å². The highest BCUT2D eigenvalue weighted by Gasteiger charge is 2.15. The minimum atomic E-state index is -0.104. The molecule has 5 heteroatoms. The van der Waals surface area contributed by atoms with Crippen LogP contribution in [-0.2, 0) is 4.79 Å². The van der Waals surface area contributed by atoms with Gasteiger partial charge >= 0.3 is 0 Å². The molecular weight excluding hydrogens is 220 g/mol. The van der Waals surface area contributed by atoms with E-state index in [0.717, 1.165) is 5.69 Å². The molecule has 1 aromatic carbocycles. The Kier molecular flexibility index (Phi) is 3.15. The molecule has 0 atom stereocenters. The first-order chi connectivity index (χ1) is 8.20. The Balaban J connectivity index is 2.07. The number of rotatable bonds is 4. The molecule has 1 aliphatic heterocycles. The molecule has 17 heavy (non-hydrogen) atoms. The van der Waals surface area contributed by atoms with Gasteiger partial charge in [-0.25, -0.2) is 0 Å². The topological polar surface area (TPSA) is 62.6 Å². The number of hydrogen-bond donors (Lipinski definition) is 0. The fourth-order valence-corrected chi connectivity index (χ4v) is 1.62. The number of nitriles is 1. The van der Waals surface area contributed by atoms with Gasteiger partial charge in [0.25, 0.3) is 0 Å². The number of fused-ring (bicyclic) bond motifs is 1. The summed E-state index contributed by atoms with van der Waals surface area (Å²) in [7, 11) is 1.80. The van der Waals surface area contributed by atoms with Crippen LogP contribution in [0.15, 0.2) is 18.2 Å². The van der Waals surface area contributed by atoms with Crippen LogP contribution in [0.25, 0.3) is 0 Å². The minimum Gasteiger partial charge on any atom is -0.454 e. The van der Waals surface area contributed by atoms with Gasteiger partial charge in [-0.1, -0.05) is 0 Å². The predicted molar refractivity (Wildman–Crippen MR) is 61.1 cm³/mol. The van der Waals surface area contributed by atoms with Gasteiger partial charge in [-0.2, -0.15) is 5.26 Å². The Morgan fingerprint density at radius 3 is 3.00 bits per heavy atom. The minimum absolute atomic E-state index is 0.0606. The lowest BCUT2D eigenvalue weighted by Gasteiger charge is -2.17. The summed E-state index contributed by atoms with van der Waals surface area (Å²) < 4.78 is 10.5. The summed E-state index contributed by atoms with van der Waals surface area (Å²) in [4.78, 5) is 13.1. The van der Waals surface area contributed by atoms with E-state index in [9.17, 15) is 4.79 Å². The first-order valence-corrected chi connectivity index (χ1v) is 5.20. The molecule has 0 unspecified atom stereocenters. The van der Waals surface area contributed by atoms with Crippen molar-refractivity contribution in [2.75, 3.05) is 25.3 Å². The van der Waals surface area contributed by atoms with Gasteiger partial charge in [0.15, 0.2) is 17.3 Å². The van der Waals surface area contributed by atoms with E-state index in [0.29, 0.717) is 11.5 Å². The van der Waals surface area contributed by atoms with Crippen molar-refractivity contribution in [2.45, 2.75) is 6.42 Å². The molecule has 0 saturated carbocycles. The van der Waals surface area contributed by atoms with Crippen molar-refractivity contribution in [1.82, 2.24) is 0 Å². The smallest absolute Gasteiger partial charge is 0.231 e. The number of ketones is 1. The van der Waals surface area contributed by atoms with Crippen LogP contribution in [0.1, 0.15) is 6.42 Å². The quantitative estimate of drug-likeness (QED) is 0.783. The number of benzene rings is 1. The number of carbonyl (C=O) groups excluding carboxylic acids is 1. The second-order valence-corrected chi connectivity index (χ2v) is 3.77. The molecule has 5 nitrogen and oxygen atoms in total. The van der Waals surface area contributed by atoms with E-state index in [2.05, 4.69) is 0 Å². The summed E-state index contributed by atoms with van der Waals surface area (Å²) in [5.74, 6) is 1.29. The third kappa shape index (κ3) is 2.48. The van der Waals surface area contributed by atoms with Crippen LogP contribution in [0.2, 0.25) is 0 Å². The van der Waals surface area contributed by atoms with E-state index in [1.54, 1.807) is 11.9 Å². The lowest BCUT2D eigenvalue weighted by atomic mass is 10.2. The van der Waals surface area contributed by atoms with Gasteiger partial charge in [-0.15, -0.1) is 0 Å². The first kappa shape index (κ1) is 11.3. The zero-order chi connectivity index (χ0) is 12.3. The van der Waals surface area contributed by atoms with E-state index in [-0.39, 0.29) is 25.5 Å². The molecule has 88 valence electrons. The summed E-state index contributed by atoms with van der Waals surface area (Å²) in [6.07, 6.45) is -0.0606. The lowest BCUT2D eigenvalue weighted by molar-refractivity contribution is -0.116. The number of Topliss-reactive ketones (excluding diaryl/α,β-unsaturated/α-hetero) is 1. The maximum atomic E-state index is 11.3. The standard InChI is InChI=1S/C12H12N2O3/c1-14(7-10(15)4-5-13)9-2-3-11-12(6-9)17-8-16-11/h2-3,6H,4,7-8H2,1H3. The van der Waals surface area contributed by atoms with Gasteiger partial charge in [0.2, 0.25) is 6.79 Å². The van der Waals surface area contributed by atoms with E-state index < -0.39 is 0 Å². The normalized spacial score (nSPS) is 12.0. The SMILES string of the molecule is CN(CC(=O)CC#N)c1ccc2c(c1)OCO2. The van der Waals surface area contributed by atoms with Crippen molar-refractivity contribution >= 4 is 11.5 Å². The zero-order valence-electron chi connectivity index (χ0n) is 9.47. The molecule has 2 rings (SSSR count). The van der Waals surface area contributed by atoms with Gasteiger partial charge in [0.1, 0.15) is 0 Å². The van der Waals surface area contributed by atoms with Crippen molar-refractivity contribution < 1.29 is 14.3 Å². The highest BCUT2D eigenvalue weighted by molar-refractivity contribution is 5.85. The monoisotopic (exact) mass is 232 g/mol. The molecule has 1 aromatic rings. The number of anilines is 1. The summed E-state index contributed by atoms with van der Waals surface area (Å²) >= 11 is 0. The van der Waals surface area contributed by atoms with Crippen LogP contribution < -0.4 is 14.4 Å². The highest BCUT2D eigenvalue weighted by Crippen LogP contribution is 2.35. The highest BCUT2D eigenvalue weighted by atomic mass is 16.7. The van der Waals surface area contributed by atoms with Crippen LogP contribution in [0.3, 0.4) is 0 Å². The molecule has 0 N–H and O–H groups in total. The number of hydrogen-bond acceptors (Lipinski definition) is 5. The number of carbonyl (C=O) groups is 1. The van der Waals surface area contributed by atoms with E-state index in [4.69, 9.17) is 14.7 Å². The summed E-state index contributed by atoms with van der Waals surface area (Å²) in [5.41, 5.74) is 0.862. The lowest BCUT2D eigenvalue weighted by Crippen LogP contribution is -2.25. The Hall–Kier alpha value is -2.22. The molecule has 0 spiro atoms. The fourth-order valence-electron chi connectivity index (χ4n) is 1.62.